The summed E-state index contributed by atoms with van der Waals surface area (Å²) in [5.41, 5.74) is 1.90. The lowest BCUT2D eigenvalue weighted by Gasteiger charge is -2.23. The summed E-state index contributed by atoms with van der Waals surface area (Å²) in [7, 11) is 0. The molecule has 0 bridgehead atoms. The van der Waals surface area contributed by atoms with Gasteiger partial charge in [0, 0.05) is 24.7 Å². The van der Waals surface area contributed by atoms with Crippen molar-refractivity contribution in [1.29, 1.82) is 0 Å². The van der Waals surface area contributed by atoms with Gasteiger partial charge in [-0.3, -0.25) is 9.69 Å². The summed E-state index contributed by atoms with van der Waals surface area (Å²) in [6.07, 6.45) is 3.69. The molecular formula is C22H27ClN2O2. The van der Waals surface area contributed by atoms with E-state index >= 15 is 0 Å². The number of amides is 1. The zero-order valence-corrected chi connectivity index (χ0v) is 16.6. The molecule has 2 aromatic carbocycles. The first-order chi connectivity index (χ1) is 12.7. The van der Waals surface area contributed by atoms with Gasteiger partial charge in [0.1, 0.15) is 11.5 Å². The molecule has 2 heterocycles. The monoisotopic (exact) mass is 386 g/mol. The van der Waals surface area contributed by atoms with E-state index in [0.717, 1.165) is 42.1 Å². The minimum Gasteiger partial charge on any atom is -0.457 e. The molecule has 2 fully saturated rings. The van der Waals surface area contributed by atoms with Gasteiger partial charge >= 0.3 is 0 Å². The molecule has 1 atom stereocenters. The average Bonchev–Trinajstić information content (AvgIpc) is 3.33. The fourth-order valence-electron chi connectivity index (χ4n) is 3.99. The molecule has 1 amide bonds. The summed E-state index contributed by atoms with van der Waals surface area (Å²) >= 11 is 0. The number of likely N-dealkylation sites (tertiary alicyclic amines) is 2. The number of hydrogen-bond acceptors (Lipinski definition) is 3. The molecule has 0 saturated carbocycles. The predicted molar refractivity (Wildman–Crippen MR) is 110 cm³/mol. The lowest BCUT2D eigenvalue weighted by atomic mass is 10.2. The average molecular weight is 387 g/mol. The van der Waals surface area contributed by atoms with Crippen molar-refractivity contribution in [1.82, 2.24) is 9.80 Å². The Balaban J connectivity index is 0.00000210. The van der Waals surface area contributed by atoms with Crippen LogP contribution >= 0.6 is 12.4 Å². The van der Waals surface area contributed by atoms with Gasteiger partial charge in [-0.25, -0.2) is 0 Å². The molecule has 2 aliphatic heterocycles. The van der Waals surface area contributed by atoms with Gasteiger partial charge in [-0.05, 0) is 81.2 Å². The molecule has 5 heteroatoms. The van der Waals surface area contributed by atoms with Crippen LogP contribution in [0.25, 0.3) is 0 Å². The van der Waals surface area contributed by atoms with Crippen LogP contribution in [-0.4, -0.2) is 47.9 Å². The number of rotatable bonds is 4. The van der Waals surface area contributed by atoms with E-state index < -0.39 is 0 Å². The molecule has 0 aliphatic carbocycles. The van der Waals surface area contributed by atoms with E-state index in [1.54, 1.807) is 0 Å². The highest BCUT2D eigenvalue weighted by molar-refractivity contribution is 5.94. The largest absolute Gasteiger partial charge is 0.457 e. The van der Waals surface area contributed by atoms with E-state index in [4.69, 9.17) is 4.74 Å². The molecule has 144 valence electrons. The number of carbonyl (C=O) groups excluding carboxylic acids is 1. The third-order valence-electron chi connectivity index (χ3n) is 5.43. The van der Waals surface area contributed by atoms with E-state index in [-0.39, 0.29) is 18.3 Å². The number of aryl methyl sites for hydroxylation is 1. The van der Waals surface area contributed by atoms with Crippen molar-refractivity contribution in [3.63, 3.8) is 0 Å². The van der Waals surface area contributed by atoms with E-state index in [0.29, 0.717) is 6.04 Å². The van der Waals surface area contributed by atoms with E-state index in [1.165, 1.54) is 25.9 Å². The molecule has 27 heavy (non-hydrogen) atoms. The predicted octanol–water partition coefficient (Wildman–Crippen LogP) is 4.52. The molecular weight excluding hydrogens is 360 g/mol. The van der Waals surface area contributed by atoms with Crippen LogP contribution in [0.15, 0.2) is 48.5 Å². The molecule has 2 aromatic rings. The highest BCUT2D eigenvalue weighted by Crippen LogP contribution is 2.25. The van der Waals surface area contributed by atoms with E-state index in [2.05, 4.69) is 4.90 Å². The Kier molecular flexibility index (Phi) is 6.40. The number of carbonyl (C=O) groups is 1. The summed E-state index contributed by atoms with van der Waals surface area (Å²) < 4.78 is 5.87. The van der Waals surface area contributed by atoms with Crippen LogP contribution in [0.5, 0.6) is 11.5 Å². The first-order valence-electron chi connectivity index (χ1n) is 9.57. The Morgan fingerprint density at radius 2 is 1.74 bits per heavy atom. The minimum absolute atomic E-state index is 0. The van der Waals surface area contributed by atoms with Crippen LogP contribution in [0.4, 0.5) is 0 Å². The fraction of sp³-hybridized carbons (Fsp3) is 0.409. The Morgan fingerprint density at radius 1 is 1.00 bits per heavy atom. The highest BCUT2D eigenvalue weighted by atomic mass is 35.5. The van der Waals surface area contributed by atoms with Gasteiger partial charge in [-0.15, -0.1) is 12.4 Å². The minimum atomic E-state index is 0. The quantitative estimate of drug-likeness (QED) is 0.774. The maximum Gasteiger partial charge on any atom is 0.253 e. The molecule has 4 rings (SSSR count). The number of halogens is 1. The maximum atomic E-state index is 12.8. The summed E-state index contributed by atoms with van der Waals surface area (Å²) in [4.78, 5) is 17.3. The van der Waals surface area contributed by atoms with Crippen LogP contribution in [0.2, 0.25) is 0 Å². The zero-order valence-electron chi connectivity index (χ0n) is 15.8. The Bertz CT molecular complexity index is 772. The van der Waals surface area contributed by atoms with Crippen molar-refractivity contribution < 1.29 is 9.53 Å². The van der Waals surface area contributed by atoms with Gasteiger partial charge in [0.25, 0.3) is 5.91 Å². The second-order valence-corrected chi connectivity index (χ2v) is 7.38. The maximum absolute atomic E-state index is 12.8. The molecule has 2 aliphatic rings. The van der Waals surface area contributed by atoms with Gasteiger partial charge in [0.05, 0.1) is 0 Å². The number of benzene rings is 2. The summed E-state index contributed by atoms with van der Waals surface area (Å²) in [5, 5.41) is 0. The molecule has 0 N–H and O–H groups in total. The van der Waals surface area contributed by atoms with Crippen molar-refractivity contribution in [2.45, 2.75) is 32.2 Å². The van der Waals surface area contributed by atoms with Crippen molar-refractivity contribution in [3.8, 4) is 11.5 Å². The fourth-order valence-corrected chi connectivity index (χ4v) is 3.99. The van der Waals surface area contributed by atoms with E-state index in [1.807, 2.05) is 60.4 Å². The van der Waals surface area contributed by atoms with Crippen molar-refractivity contribution in [3.05, 3.63) is 59.7 Å². The third-order valence-corrected chi connectivity index (χ3v) is 5.43. The van der Waals surface area contributed by atoms with Crippen LogP contribution in [0.1, 0.15) is 35.2 Å². The van der Waals surface area contributed by atoms with Gasteiger partial charge in [0.2, 0.25) is 0 Å². The molecule has 0 spiro atoms. The molecule has 0 aromatic heterocycles. The number of nitrogens with zero attached hydrogens (tertiary/aromatic N) is 2. The Morgan fingerprint density at radius 3 is 2.44 bits per heavy atom. The van der Waals surface area contributed by atoms with Crippen LogP contribution in [0, 0.1) is 6.92 Å². The van der Waals surface area contributed by atoms with Gasteiger partial charge < -0.3 is 9.64 Å². The van der Waals surface area contributed by atoms with Crippen LogP contribution in [-0.2, 0) is 0 Å². The molecule has 4 nitrogen and oxygen atoms in total. The summed E-state index contributed by atoms with van der Waals surface area (Å²) in [6.45, 7) is 6.15. The second kappa shape index (κ2) is 8.77. The third kappa shape index (κ3) is 4.63. The van der Waals surface area contributed by atoms with Crippen molar-refractivity contribution in [2.75, 3.05) is 26.2 Å². The Hall–Kier alpha value is -2.04. The Labute approximate surface area is 167 Å². The van der Waals surface area contributed by atoms with Crippen LogP contribution in [0.3, 0.4) is 0 Å². The first-order valence-corrected chi connectivity index (χ1v) is 9.57. The number of ether oxygens (including phenoxy) is 1. The standard InChI is InChI=1S/C22H26N2O2.ClH/c1-17-5-4-6-21(15-17)26-20-9-7-18(8-10-20)22(25)24-14-11-19(16-24)23-12-2-3-13-23;/h4-10,15,19H,2-3,11-14,16H2,1H3;1H/t19-;/m0./s1. The van der Waals surface area contributed by atoms with Crippen molar-refractivity contribution in [2.24, 2.45) is 0 Å². The van der Waals surface area contributed by atoms with Crippen LogP contribution < -0.4 is 4.74 Å². The van der Waals surface area contributed by atoms with Crippen molar-refractivity contribution >= 4 is 18.3 Å². The lowest BCUT2D eigenvalue weighted by molar-refractivity contribution is 0.0780. The zero-order chi connectivity index (χ0) is 17.9. The van der Waals surface area contributed by atoms with E-state index in [9.17, 15) is 4.79 Å². The molecule has 0 radical (unpaired) electrons. The van der Waals surface area contributed by atoms with Gasteiger partial charge in [0.15, 0.2) is 0 Å². The normalized spacial score (nSPS) is 19.7. The number of hydrogen-bond donors (Lipinski definition) is 0. The van der Waals surface area contributed by atoms with Gasteiger partial charge in [-0.1, -0.05) is 12.1 Å². The SMILES string of the molecule is Cc1cccc(Oc2ccc(C(=O)N3CC[C@H](N4CCCC4)C3)cc2)c1.Cl. The first kappa shape index (κ1) is 19.7. The smallest absolute Gasteiger partial charge is 0.253 e. The second-order valence-electron chi connectivity index (χ2n) is 7.38. The molecule has 2 saturated heterocycles. The highest BCUT2D eigenvalue weighted by Gasteiger charge is 2.31. The molecule has 0 unspecified atom stereocenters. The summed E-state index contributed by atoms with van der Waals surface area (Å²) in [5.74, 6) is 1.70. The summed E-state index contributed by atoms with van der Waals surface area (Å²) in [6, 6.07) is 16.0. The topological polar surface area (TPSA) is 32.8 Å². The van der Waals surface area contributed by atoms with Gasteiger partial charge in [-0.2, -0.15) is 0 Å². The lowest BCUT2D eigenvalue weighted by Crippen LogP contribution is -2.37.